The fourth-order valence-electron chi connectivity index (χ4n) is 3.02. The van der Waals surface area contributed by atoms with E-state index in [2.05, 4.69) is 27.6 Å². The highest BCUT2D eigenvalue weighted by Gasteiger charge is 2.20. The van der Waals surface area contributed by atoms with E-state index in [1.54, 1.807) is 29.6 Å². The van der Waals surface area contributed by atoms with Crippen molar-refractivity contribution in [2.75, 3.05) is 25.5 Å². The Labute approximate surface area is 161 Å². The highest BCUT2D eigenvalue weighted by molar-refractivity contribution is 7.14. The molecule has 2 heterocycles. The van der Waals surface area contributed by atoms with Gasteiger partial charge in [-0.05, 0) is 51.1 Å². The second-order valence-electron chi connectivity index (χ2n) is 6.32. The predicted octanol–water partition coefficient (Wildman–Crippen LogP) is 3.26. The lowest BCUT2D eigenvalue weighted by Crippen LogP contribution is -2.31. The van der Waals surface area contributed by atoms with E-state index in [1.165, 1.54) is 24.2 Å². The van der Waals surface area contributed by atoms with Gasteiger partial charge in [-0.15, -0.1) is 11.3 Å². The summed E-state index contributed by atoms with van der Waals surface area (Å²) in [5.74, 6) is -0.525. The smallest absolute Gasteiger partial charge is 0.270 e. The molecule has 6 nitrogen and oxygen atoms in total. The number of rotatable bonds is 6. The van der Waals surface area contributed by atoms with Crippen LogP contribution in [0.1, 0.15) is 40.1 Å². The number of hydrogen-bond acceptors (Lipinski definition) is 5. The predicted molar refractivity (Wildman–Crippen MR) is 104 cm³/mol. The zero-order chi connectivity index (χ0) is 18.5. The first-order valence-corrected chi connectivity index (χ1v) is 9.79. The molecule has 1 aliphatic rings. The van der Waals surface area contributed by atoms with Gasteiger partial charge in [0.25, 0.3) is 11.8 Å². The van der Waals surface area contributed by atoms with Gasteiger partial charge in [0.1, 0.15) is 5.69 Å². The van der Waals surface area contributed by atoms with E-state index in [-0.39, 0.29) is 11.8 Å². The lowest BCUT2D eigenvalue weighted by molar-refractivity contribution is 0.0944. The number of likely N-dealkylation sites (tertiary alicyclic amines) is 1. The number of anilines is 1. The maximum Gasteiger partial charge on any atom is 0.270 e. The van der Waals surface area contributed by atoms with Gasteiger partial charge in [0.15, 0.2) is 5.13 Å². The number of amides is 2. The Bertz CT molecular complexity index is 795. The van der Waals surface area contributed by atoms with Gasteiger partial charge in [-0.2, -0.15) is 0 Å². The third-order valence-electron chi connectivity index (χ3n) is 4.48. The lowest BCUT2D eigenvalue weighted by Gasteiger charge is -2.19. The van der Waals surface area contributed by atoms with E-state index in [4.69, 9.17) is 11.6 Å². The number of carbonyl (C=O) groups is 2. The standard InChI is InChI=1S/C18H21ClN4O2S/c1-23-9-3-6-14(23)7-8-20-17(25)15-11-26-18(21-15)22-16(24)12-4-2-5-13(19)10-12/h2,4-5,10-11,14H,3,6-9H2,1H3,(H,20,25)(H,21,22,24)/t14-/m0/s1. The minimum absolute atomic E-state index is 0.217. The maximum absolute atomic E-state index is 12.2. The molecule has 0 bridgehead atoms. The summed E-state index contributed by atoms with van der Waals surface area (Å²) in [6.07, 6.45) is 3.34. The molecule has 0 spiro atoms. The Morgan fingerprint density at radius 3 is 2.96 bits per heavy atom. The summed E-state index contributed by atoms with van der Waals surface area (Å²) in [5.41, 5.74) is 0.760. The monoisotopic (exact) mass is 392 g/mol. The molecule has 1 atom stereocenters. The van der Waals surface area contributed by atoms with Gasteiger partial charge in [0.2, 0.25) is 0 Å². The van der Waals surface area contributed by atoms with Crippen LogP contribution in [-0.4, -0.2) is 47.9 Å². The highest BCUT2D eigenvalue weighted by Crippen LogP contribution is 2.19. The van der Waals surface area contributed by atoms with Crippen molar-refractivity contribution < 1.29 is 9.59 Å². The molecule has 2 N–H and O–H groups in total. The molecule has 1 aromatic heterocycles. The Morgan fingerprint density at radius 1 is 1.38 bits per heavy atom. The summed E-state index contributed by atoms with van der Waals surface area (Å²) in [4.78, 5) is 30.9. The first-order chi connectivity index (χ1) is 12.5. The zero-order valence-electron chi connectivity index (χ0n) is 14.5. The molecule has 8 heteroatoms. The maximum atomic E-state index is 12.2. The molecule has 1 saturated heterocycles. The van der Waals surface area contributed by atoms with Gasteiger partial charge in [0, 0.05) is 28.6 Å². The van der Waals surface area contributed by atoms with Gasteiger partial charge in [0.05, 0.1) is 0 Å². The fraction of sp³-hybridized carbons (Fsp3) is 0.389. The molecule has 1 fully saturated rings. The number of halogens is 1. The number of nitrogens with one attached hydrogen (secondary N) is 2. The van der Waals surface area contributed by atoms with Gasteiger partial charge >= 0.3 is 0 Å². The summed E-state index contributed by atoms with van der Waals surface area (Å²) in [6, 6.07) is 7.20. The molecule has 2 amide bonds. The SMILES string of the molecule is CN1CCC[C@H]1CCNC(=O)c1csc(NC(=O)c2cccc(Cl)c2)n1. The normalized spacial score (nSPS) is 17.2. The number of thiazole rings is 1. The molecule has 1 aliphatic heterocycles. The minimum Gasteiger partial charge on any atom is -0.351 e. The summed E-state index contributed by atoms with van der Waals surface area (Å²) in [6.45, 7) is 1.75. The van der Waals surface area contributed by atoms with E-state index < -0.39 is 0 Å². The van der Waals surface area contributed by atoms with Crippen molar-refractivity contribution in [3.8, 4) is 0 Å². The molecule has 0 saturated carbocycles. The molecule has 0 unspecified atom stereocenters. The van der Waals surface area contributed by atoms with Crippen LogP contribution in [0.15, 0.2) is 29.6 Å². The van der Waals surface area contributed by atoms with Gasteiger partial charge in [-0.1, -0.05) is 17.7 Å². The van der Waals surface area contributed by atoms with E-state index in [0.29, 0.717) is 34.0 Å². The lowest BCUT2D eigenvalue weighted by atomic mass is 10.1. The molecule has 3 rings (SSSR count). The van der Waals surface area contributed by atoms with Crippen molar-refractivity contribution in [3.05, 3.63) is 45.9 Å². The molecule has 1 aromatic carbocycles. The molecule has 26 heavy (non-hydrogen) atoms. The van der Waals surface area contributed by atoms with Crippen LogP contribution in [0, 0.1) is 0 Å². The summed E-state index contributed by atoms with van der Waals surface area (Å²) in [5, 5.41) is 8.11. The molecule has 2 aromatic rings. The van der Waals surface area contributed by atoms with Crippen molar-refractivity contribution in [3.63, 3.8) is 0 Å². The van der Waals surface area contributed by atoms with Crippen LogP contribution in [0.4, 0.5) is 5.13 Å². The van der Waals surface area contributed by atoms with Crippen molar-refractivity contribution in [2.24, 2.45) is 0 Å². The minimum atomic E-state index is -0.307. The number of benzene rings is 1. The topological polar surface area (TPSA) is 74.3 Å². The van der Waals surface area contributed by atoms with E-state index in [0.717, 1.165) is 13.0 Å². The largest absolute Gasteiger partial charge is 0.351 e. The quantitative estimate of drug-likeness (QED) is 0.791. The Balaban J connectivity index is 1.50. The van der Waals surface area contributed by atoms with Gasteiger partial charge in [-0.3, -0.25) is 14.9 Å². The van der Waals surface area contributed by atoms with E-state index in [9.17, 15) is 9.59 Å². The summed E-state index contributed by atoms with van der Waals surface area (Å²) >= 11 is 7.11. The number of carbonyl (C=O) groups excluding carboxylic acids is 2. The Morgan fingerprint density at radius 2 is 2.23 bits per heavy atom. The number of aromatic nitrogens is 1. The Hall–Kier alpha value is -1.96. The molecule has 138 valence electrons. The first-order valence-electron chi connectivity index (χ1n) is 8.54. The van der Waals surface area contributed by atoms with Gasteiger partial charge in [-0.25, -0.2) is 4.98 Å². The number of hydrogen-bond donors (Lipinski definition) is 2. The van der Waals surface area contributed by atoms with Crippen molar-refractivity contribution in [1.82, 2.24) is 15.2 Å². The average molecular weight is 393 g/mol. The van der Waals surface area contributed by atoms with Crippen LogP contribution in [0.5, 0.6) is 0 Å². The van der Waals surface area contributed by atoms with Gasteiger partial charge < -0.3 is 10.2 Å². The second kappa shape index (κ2) is 8.62. The van der Waals surface area contributed by atoms with Crippen molar-refractivity contribution >= 4 is 39.9 Å². The Kier molecular flexibility index (Phi) is 6.24. The highest BCUT2D eigenvalue weighted by atomic mass is 35.5. The zero-order valence-corrected chi connectivity index (χ0v) is 16.1. The van der Waals surface area contributed by atoms with Crippen LogP contribution >= 0.6 is 22.9 Å². The second-order valence-corrected chi connectivity index (χ2v) is 7.62. The third kappa shape index (κ3) is 4.81. The summed E-state index contributed by atoms with van der Waals surface area (Å²) < 4.78 is 0. The van der Waals surface area contributed by atoms with Crippen LogP contribution in [0.25, 0.3) is 0 Å². The van der Waals surface area contributed by atoms with Crippen LogP contribution < -0.4 is 10.6 Å². The number of nitrogens with zero attached hydrogens (tertiary/aromatic N) is 2. The molecule has 0 radical (unpaired) electrons. The van der Waals surface area contributed by atoms with E-state index in [1.807, 2.05) is 0 Å². The molecular formula is C18H21ClN4O2S. The summed E-state index contributed by atoms with van der Waals surface area (Å²) in [7, 11) is 2.12. The first kappa shape index (κ1) is 18.8. The fourth-order valence-corrected chi connectivity index (χ4v) is 3.90. The molecule has 0 aliphatic carbocycles. The third-order valence-corrected chi connectivity index (χ3v) is 5.47. The van der Waals surface area contributed by atoms with Crippen LogP contribution in [0.3, 0.4) is 0 Å². The van der Waals surface area contributed by atoms with Crippen molar-refractivity contribution in [1.29, 1.82) is 0 Å². The van der Waals surface area contributed by atoms with Crippen LogP contribution in [-0.2, 0) is 0 Å². The molecular weight excluding hydrogens is 372 g/mol. The van der Waals surface area contributed by atoms with E-state index >= 15 is 0 Å². The average Bonchev–Trinajstić information content (AvgIpc) is 3.24. The van der Waals surface area contributed by atoms with Crippen molar-refractivity contribution in [2.45, 2.75) is 25.3 Å². The van der Waals surface area contributed by atoms with Crippen LogP contribution in [0.2, 0.25) is 5.02 Å².